The lowest BCUT2D eigenvalue weighted by Crippen LogP contribution is -2.13. The summed E-state index contributed by atoms with van der Waals surface area (Å²) in [7, 11) is 0. The van der Waals surface area contributed by atoms with Crippen molar-refractivity contribution in [3.63, 3.8) is 0 Å². The molecule has 6 nitrogen and oxygen atoms in total. The number of hydrogen-bond acceptors (Lipinski definition) is 5. The first kappa shape index (κ1) is 18.8. The van der Waals surface area contributed by atoms with Crippen LogP contribution in [0.5, 0.6) is 0 Å². The number of aromatic nitrogens is 3. The first-order valence-corrected chi connectivity index (χ1v) is 9.52. The van der Waals surface area contributed by atoms with Crippen LogP contribution in [0.15, 0.2) is 36.7 Å². The topological polar surface area (TPSA) is 85.3 Å². The quantitative estimate of drug-likeness (QED) is 0.532. The molecule has 0 aliphatic carbocycles. The highest BCUT2D eigenvalue weighted by Crippen LogP contribution is 2.32. The number of nitrogens with two attached hydrogens (primary N) is 1. The number of fused-ring (bicyclic) bond motifs is 3. The van der Waals surface area contributed by atoms with Gasteiger partial charge in [0.15, 0.2) is 4.96 Å². The van der Waals surface area contributed by atoms with Gasteiger partial charge in [-0.2, -0.15) is 0 Å². The maximum absolute atomic E-state index is 14.7. The van der Waals surface area contributed by atoms with Crippen molar-refractivity contribution < 1.29 is 9.18 Å². The molecule has 5 rings (SSSR count). The van der Waals surface area contributed by atoms with Crippen molar-refractivity contribution in [2.45, 2.75) is 18.9 Å². The van der Waals surface area contributed by atoms with Crippen LogP contribution < -0.4 is 11.1 Å². The summed E-state index contributed by atoms with van der Waals surface area (Å²) in [5, 5.41) is 3.38. The molecule has 1 aliphatic heterocycles. The molecule has 1 amide bonds. The molecule has 0 saturated carbocycles. The van der Waals surface area contributed by atoms with Gasteiger partial charge >= 0.3 is 0 Å². The van der Waals surface area contributed by atoms with Gasteiger partial charge in [0.25, 0.3) is 5.91 Å². The van der Waals surface area contributed by atoms with E-state index in [1.807, 2.05) is 10.5 Å². The minimum atomic E-state index is -0.567. The Balaban J connectivity index is 0.00000192. The van der Waals surface area contributed by atoms with Gasteiger partial charge in [0.1, 0.15) is 11.5 Å². The van der Waals surface area contributed by atoms with Crippen molar-refractivity contribution in [1.82, 2.24) is 19.7 Å². The molecule has 28 heavy (non-hydrogen) atoms. The highest BCUT2D eigenvalue weighted by molar-refractivity contribution is 7.23. The summed E-state index contributed by atoms with van der Waals surface area (Å²) in [6, 6.07) is 7.25. The fourth-order valence-corrected chi connectivity index (χ4v) is 4.60. The van der Waals surface area contributed by atoms with Crippen LogP contribution in [0.1, 0.15) is 34.9 Å². The number of benzene rings is 1. The van der Waals surface area contributed by atoms with Gasteiger partial charge in [0.05, 0.1) is 22.1 Å². The zero-order chi connectivity index (χ0) is 18.5. The number of imidazole rings is 1. The third kappa shape index (κ3) is 3.03. The number of nitrogens with one attached hydrogen (secondary N) is 1. The van der Waals surface area contributed by atoms with E-state index >= 15 is 0 Å². The second kappa shape index (κ2) is 7.12. The number of carbonyl (C=O) groups excluding carboxylic acids is 1. The predicted molar refractivity (Wildman–Crippen MR) is 110 cm³/mol. The minimum absolute atomic E-state index is 0. The van der Waals surface area contributed by atoms with E-state index in [0.29, 0.717) is 16.2 Å². The van der Waals surface area contributed by atoms with Crippen molar-refractivity contribution in [2.24, 2.45) is 5.73 Å². The summed E-state index contributed by atoms with van der Waals surface area (Å²) < 4.78 is 17.5. The molecule has 4 aromatic rings. The lowest BCUT2D eigenvalue weighted by atomic mass is 10.0. The van der Waals surface area contributed by atoms with Crippen molar-refractivity contribution in [1.29, 1.82) is 0 Å². The Hall–Kier alpha value is -2.55. The van der Waals surface area contributed by atoms with Crippen LogP contribution >= 0.6 is 23.7 Å². The number of nitrogens with zero attached hydrogens (tertiary/aromatic N) is 3. The first-order valence-electron chi connectivity index (χ1n) is 8.71. The van der Waals surface area contributed by atoms with E-state index in [-0.39, 0.29) is 30.0 Å². The van der Waals surface area contributed by atoms with Gasteiger partial charge in [-0.25, -0.2) is 14.4 Å². The number of rotatable bonds is 3. The molecular formula is C19H17ClFN5OS. The van der Waals surface area contributed by atoms with Crippen LogP contribution in [0.4, 0.5) is 4.39 Å². The van der Waals surface area contributed by atoms with Gasteiger partial charge in [-0.05, 0) is 43.1 Å². The molecule has 1 aromatic carbocycles. The van der Waals surface area contributed by atoms with Crippen LogP contribution in [0.3, 0.4) is 0 Å². The number of amides is 1. The van der Waals surface area contributed by atoms with Crippen LogP contribution in [0.2, 0.25) is 0 Å². The highest BCUT2D eigenvalue weighted by Gasteiger charge is 2.19. The molecule has 1 atom stereocenters. The first-order chi connectivity index (χ1) is 13.1. The van der Waals surface area contributed by atoms with E-state index in [2.05, 4.69) is 15.3 Å². The number of carbonyl (C=O) groups is 1. The molecule has 0 spiro atoms. The van der Waals surface area contributed by atoms with E-state index in [9.17, 15) is 9.18 Å². The Bertz CT molecular complexity index is 1200. The van der Waals surface area contributed by atoms with E-state index in [4.69, 9.17) is 5.73 Å². The third-order valence-corrected chi connectivity index (χ3v) is 5.98. The molecule has 1 aliphatic rings. The number of halogens is 2. The van der Waals surface area contributed by atoms with Gasteiger partial charge < -0.3 is 11.1 Å². The lowest BCUT2D eigenvalue weighted by Gasteiger charge is -2.11. The minimum Gasteiger partial charge on any atom is -0.364 e. The van der Waals surface area contributed by atoms with E-state index in [1.165, 1.54) is 11.3 Å². The molecule has 1 saturated heterocycles. The Morgan fingerprint density at radius 1 is 1.36 bits per heavy atom. The average Bonchev–Trinajstić information content (AvgIpc) is 3.37. The summed E-state index contributed by atoms with van der Waals surface area (Å²) in [6.07, 6.45) is 5.54. The number of hydrogen-bond donors (Lipinski definition) is 2. The normalized spacial score (nSPS) is 16.5. The molecule has 9 heteroatoms. The van der Waals surface area contributed by atoms with Gasteiger partial charge in [-0.1, -0.05) is 17.4 Å². The maximum Gasteiger partial charge on any atom is 0.267 e. The number of pyridine rings is 1. The van der Waals surface area contributed by atoms with Crippen molar-refractivity contribution in [3.8, 4) is 11.3 Å². The predicted octanol–water partition coefficient (Wildman–Crippen LogP) is 3.70. The monoisotopic (exact) mass is 417 g/mol. The maximum atomic E-state index is 14.7. The SMILES string of the molecule is Cl.NC(=O)c1cc2sc3nc(-c4ccc(C5CCCN5)cc4F)cn3c2cn1. The molecule has 144 valence electrons. The van der Waals surface area contributed by atoms with Crippen LogP contribution in [-0.4, -0.2) is 26.8 Å². The molecule has 1 unspecified atom stereocenters. The smallest absolute Gasteiger partial charge is 0.267 e. The zero-order valence-electron chi connectivity index (χ0n) is 14.7. The van der Waals surface area contributed by atoms with Gasteiger partial charge in [-0.15, -0.1) is 12.4 Å². The fourth-order valence-electron chi connectivity index (χ4n) is 3.59. The van der Waals surface area contributed by atoms with Crippen molar-refractivity contribution in [3.05, 3.63) is 53.7 Å². The molecular weight excluding hydrogens is 401 g/mol. The molecule has 0 bridgehead atoms. The molecule has 4 heterocycles. The summed E-state index contributed by atoms with van der Waals surface area (Å²) in [5.74, 6) is -0.840. The van der Waals surface area contributed by atoms with Crippen molar-refractivity contribution in [2.75, 3.05) is 6.54 Å². The Morgan fingerprint density at radius 3 is 2.93 bits per heavy atom. The van der Waals surface area contributed by atoms with Crippen LogP contribution in [0, 0.1) is 5.82 Å². The third-order valence-electron chi connectivity index (χ3n) is 4.96. The standard InChI is InChI=1S/C19H16FN5OS.ClH/c20-12-6-10(13-2-1-5-22-13)3-4-11(12)15-9-25-16-8-23-14(18(21)26)7-17(16)27-19(25)24-15;/h3-4,6-9,13,22H,1-2,5H2,(H2,21,26);1H. The second-order valence-electron chi connectivity index (χ2n) is 6.67. The van der Waals surface area contributed by atoms with E-state index in [1.54, 1.807) is 30.6 Å². The van der Waals surface area contributed by atoms with Gasteiger partial charge in [-0.3, -0.25) is 9.20 Å². The molecule has 1 fully saturated rings. The fraction of sp³-hybridized carbons (Fsp3) is 0.211. The number of thiazole rings is 1. The summed E-state index contributed by atoms with van der Waals surface area (Å²) in [5.41, 5.74) is 8.34. The zero-order valence-corrected chi connectivity index (χ0v) is 16.3. The van der Waals surface area contributed by atoms with E-state index < -0.39 is 5.91 Å². The number of primary amides is 1. The summed E-state index contributed by atoms with van der Waals surface area (Å²) in [6.45, 7) is 0.976. The van der Waals surface area contributed by atoms with E-state index in [0.717, 1.165) is 35.2 Å². The molecule has 0 radical (unpaired) electrons. The molecule has 3 N–H and O–H groups in total. The van der Waals surface area contributed by atoms with Crippen LogP contribution in [0.25, 0.3) is 26.4 Å². The Morgan fingerprint density at radius 2 is 2.21 bits per heavy atom. The average molecular weight is 418 g/mol. The largest absolute Gasteiger partial charge is 0.364 e. The highest BCUT2D eigenvalue weighted by atomic mass is 35.5. The summed E-state index contributed by atoms with van der Waals surface area (Å²) in [4.78, 5) is 20.7. The lowest BCUT2D eigenvalue weighted by molar-refractivity contribution is 0.0996. The second-order valence-corrected chi connectivity index (χ2v) is 7.68. The Kier molecular flexibility index (Phi) is 4.78. The van der Waals surface area contributed by atoms with Crippen LogP contribution in [-0.2, 0) is 0 Å². The molecule has 3 aromatic heterocycles. The Labute approximate surface area is 170 Å². The van der Waals surface area contributed by atoms with Crippen molar-refractivity contribution >= 4 is 44.8 Å². The summed E-state index contributed by atoms with van der Waals surface area (Å²) >= 11 is 1.41. The van der Waals surface area contributed by atoms with Gasteiger partial charge in [0.2, 0.25) is 0 Å². The van der Waals surface area contributed by atoms with Gasteiger partial charge in [0, 0.05) is 17.8 Å².